The highest BCUT2D eigenvalue weighted by Gasteiger charge is 2.39. The van der Waals surface area contributed by atoms with Gasteiger partial charge in [-0.3, -0.25) is 9.20 Å². The number of ketones is 1. The first kappa shape index (κ1) is 27.6. The van der Waals surface area contributed by atoms with E-state index in [0.29, 0.717) is 47.3 Å². The molecular formula is C31H28F5N5O2. The van der Waals surface area contributed by atoms with Gasteiger partial charge in [-0.25, -0.2) is 18.6 Å². The van der Waals surface area contributed by atoms with Crippen molar-refractivity contribution in [3.63, 3.8) is 0 Å². The Morgan fingerprint density at radius 3 is 2.65 bits per heavy atom. The molecule has 0 N–H and O–H groups in total. The summed E-state index contributed by atoms with van der Waals surface area (Å²) in [6.07, 6.45) is 1.61. The first-order chi connectivity index (χ1) is 20.5. The van der Waals surface area contributed by atoms with E-state index in [0.717, 1.165) is 22.6 Å². The van der Waals surface area contributed by atoms with E-state index in [1.165, 1.54) is 4.90 Å². The predicted octanol–water partition coefficient (Wildman–Crippen LogP) is 6.64. The molecule has 43 heavy (non-hydrogen) atoms. The summed E-state index contributed by atoms with van der Waals surface area (Å²) in [4.78, 5) is 33.7. The Hall–Kier alpha value is -4.22. The van der Waals surface area contributed by atoms with Crippen molar-refractivity contribution < 1.29 is 31.5 Å². The van der Waals surface area contributed by atoms with Gasteiger partial charge >= 0.3 is 12.2 Å². The van der Waals surface area contributed by atoms with Gasteiger partial charge < -0.3 is 14.4 Å². The largest absolute Gasteiger partial charge is 0.416 e. The van der Waals surface area contributed by atoms with Crippen LogP contribution in [0.1, 0.15) is 54.5 Å². The van der Waals surface area contributed by atoms with E-state index in [2.05, 4.69) is 4.98 Å². The zero-order valence-corrected chi connectivity index (χ0v) is 23.1. The quantitative estimate of drug-likeness (QED) is 0.244. The van der Waals surface area contributed by atoms with Crippen LogP contribution in [0.2, 0.25) is 0 Å². The Bertz CT molecular complexity index is 1820. The maximum atomic E-state index is 14.3. The van der Waals surface area contributed by atoms with Crippen molar-refractivity contribution in [1.82, 2.24) is 23.8 Å². The van der Waals surface area contributed by atoms with Crippen molar-refractivity contribution in [2.24, 2.45) is 0 Å². The summed E-state index contributed by atoms with van der Waals surface area (Å²) in [7, 11) is 0. The fraction of sp³-hybridized carbons (Fsp3) is 0.387. The molecule has 7 rings (SSSR count). The number of carbonyl (C=O) groups is 2. The number of allylic oxidation sites excluding steroid dienone is 2. The fourth-order valence-electron chi connectivity index (χ4n) is 6.73. The lowest BCUT2D eigenvalue weighted by Crippen LogP contribution is -2.47. The lowest BCUT2D eigenvalue weighted by molar-refractivity contribution is -0.137. The molecular weight excluding hydrogens is 569 g/mol. The van der Waals surface area contributed by atoms with Crippen LogP contribution in [0, 0.1) is 0 Å². The number of nitrogens with zero attached hydrogens (tertiary/aromatic N) is 5. The molecule has 2 aliphatic heterocycles. The van der Waals surface area contributed by atoms with Crippen LogP contribution in [0.3, 0.4) is 0 Å². The van der Waals surface area contributed by atoms with Crippen molar-refractivity contribution >= 4 is 39.5 Å². The second kappa shape index (κ2) is 9.92. The van der Waals surface area contributed by atoms with Crippen molar-refractivity contribution in [1.29, 1.82) is 0 Å². The molecule has 224 valence electrons. The van der Waals surface area contributed by atoms with E-state index in [-0.39, 0.29) is 55.8 Å². The number of benzene rings is 1. The summed E-state index contributed by atoms with van der Waals surface area (Å²) in [6, 6.07) is 7.01. The minimum atomic E-state index is -4.68. The summed E-state index contributed by atoms with van der Waals surface area (Å²) in [5.74, 6) is -3.17. The monoisotopic (exact) mass is 597 g/mol. The topological polar surface area (TPSA) is 62.9 Å². The van der Waals surface area contributed by atoms with Gasteiger partial charge in [0, 0.05) is 67.9 Å². The third kappa shape index (κ3) is 4.76. The molecule has 1 aliphatic carbocycles. The number of amides is 2. The summed E-state index contributed by atoms with van der Waals surface area (Å²) < 4.78 is 75.0. The third-order valence-electron chi connectivity index (χ3n) is 8.71. The predicted molar refractivity (Wildman–Crippen MR) is 149 cm³/mol. The molecule has 5 heterocycles. The highest BCUT2D eigenvalue weighted by Crippen LogP contribution is 2.44. The first-order valence-corrected chi connectivity index (χ1v) is 14.3. The molecule has 1 saturated heterocycles. The smallest absolute Gasteiger partial charge is 0.345 e. The van der Waals surface area contributed by atoms with Crippen LogP contribution in [0.5, 0.6) is 0 Å². The molecule has 0 radical (unpaired) electrons. The SMILES string of the molecule is O=C1CCC(c2cnc3ccccn23)=C1c1cn2c3c(cc(C(F)(F)F)cc13)CN(C(=O)N1CCCCC(F)(F)C1)CC2. The summed E-state index contributed by atoms with van der Waals surface area (Å²) in [6.45, 7) is -0.358. The van der Waals surface area contributed by atoms with E-state index in [4.69, 9.17) is 0 Å². The van der Waals surface area contributed by atoms with E-state index >= 15 is 0 Å². The fourth-order valence-corrected chi connectivity index (χ4v) is 6.73. The number of likely N-dealkylation sites (tertiary alicyclic amines) is 1. The number of halogens is 5. The number of hydrogen-bond acceptors (Lipinski definition) is 3. The number of rotatable bonds is 2. The average Bonchev–Trinajstić information content (AvgIpc) is 3.57. The molecule has 0 atom stereocenters. The number of Topliss-reactive ketones (excluding diaryl/α,β-unsaturated/α-hetero) is 1. The molecule has 12 heteroatoms. The summed E-state index contributed by atoms with van der Waals surface area (Å²) >= 11 is 0. The third-order valence-corrected chi connectivity index (χ3v) is 8.71. The van der Waals surface area contributed by atoms with E-state index in [1.807, 2.05) is 28.8 Å². The zero-order valence-electron chi connectivity index (χ0n) is 23.1. The van der Waals surface area contributed by atoms with E-state index in [9.17, 15) is 31.5 Å². The van der Waals surface area contributed by atoms with Gasteiger partial charge in [0.15, 0.2) is 5.78 Å². The number of carbonyl (C=O) groups excluding carboxylic acids is 2. The molecule has 4 aromatic rings. The van der Waals surface area contributed by atoms with Crippen molar-refractivity contribution in [2.75, 3.05) is 19.6 Å². The molecule has 1 aromatic carbocycles. The van der Waals surface area contributed by atoms with Crippen LogP contribution in [-0.4, -0.2) is 61.1 Å². The van der Waals surface area contributed by atoms with Crippen molar-refractivity contribution in [2.45, 2.75) is 57.3 Å². The van der Waals surface area contributed by atoms with Crippen LogP contribution in [-0.2, 0) is 24.1 Å². The van der Waals surface area contributed by atoms with Gasteiger partial charge in [0.25, 0.3) is 5.92 Å². The standard InChI is InChI=1S/C31H28F5N5O2/c32-30(33)8-2-4-9-40(18-30)29(43)39-12-11-38-17-23(22-14-20(31(34,35)36)13-19(16-39)28(22)38)27-21(6-7-25(27)42)24-15-37-26-5-1-3-10-41(24)26/h1,3,5,10,13-15,17H,2,4,6-9,11-12,16,18H2. The molecule has 7 nitrogen and oxygen atoms in total. The summed E-state index contributed by atoms with van der Waals surface area (Å²) in [5.41, 5.74) is 2.77. The highest BCUT2D eigenvalue weighted by molar-refractivity contribution is 6.33. The Morgan fingerprint density at radius 2 is 1.84 bits per heavy atom. The number of urea groups is 1. The van der Waals surface area contributed by atoms with Crippen molar-refractivity contribution in [3.05, 3.63) is 71.3 Å². The van der Waals surface area contributed by atoms with Gasteiger partial charge in [-0.1, -0.05) is 6.07 Å². The lowest BCUT2D eigenvalue weighted by atomic mass is 9.96. The second-order valence-corrected chi connectivity index (χ2v) is 11.6. The van der Waals surface area contributed by atoms with E-state index < -0.39 is 30.2 Å². The Balaban J connectivity index is 1.35. The van der Waals surface area contributed by atoms with Gasteiger partial charge in [-0.2, -0.15) is 13.2 Å². The van der Waals surface area contributed by atoms with Crippen LogP contribution in [0.25, 0.3) is 27.7 Å². The van der Waals surface area contributed by atoms with Gasteiger partial charge in [-0.15, -0.1) is 0 Å². The number of aromatic nitrogens is 3. The molecule has 3 aliphatic rings. The Labute approximate surface area is 243 Å². The Kier molecular flexibility index (Phi) is 6.37. The molecule has 0 spiro atoms. The molecule has 3 aromatic heterocycles. The van der Waals surface area contributed by atoms with Gasteiger partial charge in [0.2, 0.25) is 0 Å². The molecule has 0 saturated carbocycles. The van der Waals surface area contributed by atoms with Crippen LogP contribution in [0.15, 0.2) is 48.9 Å². The molecule has 2 amide bonds. The molecule has 1 fully saturated rings. The first-order valence-electron chi connectivity index (χ1n) is 14.3. The number of hydrogen-bond donors (Lipinski definition) is 0. The minimum Gasteiger partial charge on any atom is -0.345 e. The van der Waals surface area contributed by atoms with Crippen LogP contribution in [0.4, 0.5) is 26.7 Å². The second-order valence-electron chi connectivity index (χ2n) is 11.6. The average molecular weight is 598 g/mol. The Morgan fingerprint density at radius 1 is 1.00 bits per heavy atom. The molecule has 0 bridgehead atoms. The zero-order chi connectivity index (χ0) is 30.1. The number of fused-ring (bicyclic) bond motifs is 1. The molecule has 0 unspecified atom stereocenters. The normalized spacial score (nSPS) is 19.4. The van der Waals surface area contributed by atoms with E-state index in [1.54, 1.807) is 17.0 Å². The van der Waals surface area contributed by atoms with Crippen LogP contribution >= 0.6 is 0 Å². The minimum absolute atomic E-state index is 0.118. The van der Waals surface area contributed by atoms with Gasteiger partial charge in [0.05, 0.1) is 29.5 Å². The maximum Gasteiger partial charge on any atom is 0.416 e. The lowest BCUT2D eigenvalue weighted by Gasteiger charge is -2.31. The number of alkyl halides is 5. The van der Waals surface area contributed by atoms with Crippen molar-refractivity contribution in [3.8, 4) is 0 Å². The van der Waals surface area contributed by atoms with Gasteiger partial charge in [0.1, 0.15) is 5.65 Å². The number of pyridine rings is 1. The van der Waals surface area contributed by atoms with Gasteiger partial charge in [-0.05, 0) is 54.7 Å². The van der Waals surface area contributed by atoms with Crippen LogP contribution < -0.4 is 0 Å². The number of imidazole rings is 1. The summed E-state index contributed by atoms with van der Waals surface area (Å²) in [5, 5.41) is 0.275. The maximum absolute atomic E-state index is 14.3. The highest BCUT2D eigenvalue weighted by atomic mass is 19.4.